The molecule has 0 amide bonds. The second kappa shape index (κ2) is 5.84. The Balaban J connectivity index is 1.74. The summed E-state index contributed by atoms with van der Waals surface area (Å²) >= 11 is 0. The van der Waals surface area contributed by atoms with Gasteiger partial charge in [-0.15, -0.1) is 0 Å². The second-order valence-electron chi connectivity index (χ2n) is 5.19. The van der Waals surface area contributed by atoms with Gasteiger partial charge < -0.3 is 5.32 Å². The summed E-state index contributed by atoms with van der Waals surface area (Å²) in [5, 5.41) is 9.40. The summed E-state index contributed by atoms with van der Waals surface area (Å²) in [6, 6.07) is 1.55. The topological polar surface area (TPSA) is 57.8 Å². The van der Waals surface area contributed by atoms with E-state index in [9.17, 15) is 4.79 Å². The van der Waals surface area contributed by atoms with Crippen LogP contribution in [0.15, 0.2) is 17.1 Å². The van der Waals surface area contributed by atoms with E-state index in [2.05, 4.69) is 22.4 Å². The molecule has 0 bridgehead atoms. The zero-order valence-corrected chi connectivity index (χ0v) is 10.4. The Hall–Kier alpha value is -1.32. The molecule has 2 atom stereocenters. The Morgan fingerprint density at radius 3 is 3.18 bits per heavy atom. The van der Waals surface area contributed by atoms with E-state index in [1.54, 1.807) is 12.3 Å². The normalized spacial score (nSPS) is 24.5. The SMILES string of the molecule is CC1CCCC(CCNc2cn[nH]c(=O)c2)C1. The van der Waals surface area contributed by atoms with Crippen molar-refractivity contribution in [3.8, 4) is 0 Å². The summed E-state index contributed by atoms with van der Waals surface area (Å²) in [6.07, 6.45) is 8.33. The van der Waals surface area contributed by atoms with Crippen LogP contribution in [0.25, 0.3) is 0 Å². The molecule has 4 nitrogen and oxygen atoms in total. The molecule has 2 rings (SSSR count). The fourth-order valence-electron chi connectivity index (χ4n) is 2.72. The molecule has 0 saturated heterocycles. The first kappa shape index (κ1) is 12.1. The first-order valence-electron chi connectivity index (χ1n) is 6.52. The van der Waals surface area contributed by atoms with Crippen molar-refractivity contribution < 1.29 is 0 Å². The van der Waals surface area contributed by atoms with Gasteiger partial charge in [-0.25, -0.2) is 5.10 Å². The predicted molar refractivity (Wildman–Crippen MR) is 69.1 cm³/mol. The van der Waals surface area contributed by atoms with Crippen LogP contribution in [0.3, 0.4) is 0 Å². The van der Waals surface area contributed by atoms with E-state index >= 15 is 0 Å². The maximum Gasteiger partial charge on any atom is 0.266 e. The molecule has 1 fully saturated rings. The van der Waals surface area contributed by atoms with Crippen molar-refractivity contribution >= 4 is 5.69 Å². The Labute approximate surface area is 102 Å². The minimum atomic E-state index is -0.152. The molecule has 1 heterocycles. The lowest BCUT2D eigenvalue weighted by molar-refractivity contribution is 0.274. The molecule has 1 aromatic heterocycles. The van der Waals surface area contributed by atoms with Gasteiger partial charge >= 0.3 is 0 Å². The summed E-state index contributed by atoms with van der Waals surface area (Å²) in [6.45, 7) is 3.28. The van der Waals surface area contributed by atoms with Crippen LogP contribution in [-0.2, 0) is 0 Å². The van der Waals surface area contributed by atoms with E-state index in [0.717, 1.165) is 24.1 Å². The van der Waals surface area contributed by atoms with E-state index in [1.807, 2.05) is 0 Å². The lowest BCUT2D eigenvalue weighted by Crippen LogP contribution is -2.17. The number of aromatic amines is 1. The van der Waals surface area contributed by atoms with Crippen LogP contribution in [0.1, 0.15) is 39.0 Å². The number of anilines is 1. The van der Waals surface area contributed by atoms with Crippen molar-refractivity contribution in [2.75, 3.05) is 11.9 Å². The van der Waals surface area contributed by atoms with Crippen LogP contribution in [0.2, 0.25) is 0 Å². The highest BCUT2D eigenvalue weighted by Crippen LogP contribution is 2.30. The van der Waals surface area contributed by atoms with Crippen molar-refractivity contribution in [1.29, 1.82) is 0 Å². The first-order chi connectivity index (χ1) is 8.24. The van der Waals surface area contributed by atoms with E-state index in [4.69, 9.17) is 0 Å². The highest BCUT2D eigenvalue weighted by atomic mass is 16.1. The second-order valence-corrected chi connectivity index (χ2v) is 5.19. The van der Waals surface area contributed by atoms with Gasteiger partial charge in [0.15, 0.2) is 0 Å². The monoisotopic (exact) mass is 235 g/mol. The summed E-state index contributed by atoms with van der Waals surface area (Å²) in [4.78, 5) is 11.0. The van der Waals surface area contributed by atoms with Crippen LogP contribution in [0.4, 0.5) is 5.69 Å². The van der Waals surface area contributed by atoms with Gasteiger partial charge in [-0.1, -0.05) is 26.2 Å². The molecular weight excluding hydrogens is 214 g/mol. The number of hydrogen-bond acceptors (Lipinski definition) is 3. The van der Waals surface area contributed by atoms with Gasteiger partial charge in [0.1, 0.15) is 0 Å². The van der Waals surface area contributed by atoms with Crippen molar-refractivity contribution in [3.63, 3.8) is 0 Å². The third kappa shape index (κ3) is 3.88. The van der Waals surface area contributed by atoms with Gasteiger partial charge in [-0.05, 0) is 24.7 Å². The molecular formula is C13H21N3O. The van der Waals surface area contributed by atoms with Crippen LogP contribution >= 0.6 is 0 Å². The molecule has 94 valence electrons. The molecule has 1 aliphatic rings. The lowest BCUT2D eigenvalue weighted by atomic mass is 9.81. The highest BCUT2D eigenvalue weighted by Gasteiger charge is 2.18. The van der Waals surface area contributed by atoms with E-state index in [-0.39, 0.29) is 5.56 Å². The van der Waals surface area contributed by atoms with Crippen LogP contribution < -0.4 is 10.9 Å². The number of nitrogens with one attached hydrogen (secondary N) is 2. The predicted octanol–water partition coefficient (Wildman–Crippen LogP) is 2.40. The smallest absolute Gasteiger partial charge is 0.266 e. The molecule has 0 radical (unpaired) electrons. The fraction of sp³-hybridized carbons (Fsp3) is 0.692. The maximum atomic E-state index is 11.0. The number of rotatable bonds is 4. The Morgan fingerprint density at radius 2 is 2.41 bits per heavy atom. The Morgan fingerprint density at radius 1 is 1.53 bits per heavy atom. The summed E-state index contributed by atoms with van der Waals surface area (Å²) in [5.74, 6) is 1.73. The van der Waals surface area contributed by atoms with Crippen LogP contribution in [0.5, 0.6) is 0 Å². The third-order valence-electron chi connectivity index (χ3n) is 3.59. The zero-order chi connectivity index (χ0) is 12.1. The summed E-state index contributed by atoms with van der Waals surface area (Å²) in [5.41, 5.74) is 0.666. The molecule has 1 saturated carbocycles. The Kier molecular flexibility index (Phi) is 4.18. The number of nitrogens with zero attached hydrogens (tertiary/aromatic N) is 1. The van der Waals surface area contributed by atoms with Gasteiger partial charge in [-0.3, -0.25) is 4.79 Å². The standard InChI is InChI=1S/C13H21N3O/c1-10-3-2-4-11(7-10)5-6-14-12-8-13(17)16-15-9-12/h8-11H,2-7H2,1H3,(H2,14,16,17). The molecule has 4 heteroatoms. The van der Waals surface area contributed by atoms with E-state index < -0.39 is 0 Å². The maximum absolute atomic E-state index is 11.0. The zero-order valence-electron chi connectivity index (χ0n) is 10.4. The van der Waals surface area contributed by atoms with Gasteiger partial charge in [-0.2, -0.15) is 5.10 Å². The van der Waals surface area contributed by atoms with E-state index in [0.29, 0.717) is 0 Å². The van der Waals surface area contributed by atoms with Gasteiger partial charge in [0, 0.05) is 12.6 Å². The molecule has 1 aromatic rings. The van der Waals surface area contributed by atoms with Crippen molar-refractivity contribution in [3.05, 3.63) is 22.6 Å². The van der Waals surface area contributed by atoms with Gasteiger partial charge in [0.05, 0.1) is 11.9 Å². The molecule has 17 heavy (non-hydrogen) atoms. The van der Waals surface area contributed by atoms with Gasteiger partial charge in [0.2, 0.25) is 0 Å². The minimum Gasteiger partial charge on any atom is -0.384 e. The molecule has 2 N–H and O–H groups in total. The summed E-state index contributed by atoms with van der Waals surface area (Å²) < 4.78 is 0. The molecule has 0 spiro atoms. The quantitative estimate of drug-likeness (QED) is 0.842. The molecule has 1 aliphatic carbocycles. The van der Waals surface area contributed by atoms with Crippen molar-refractivity contribution in [1.82, 2.24) is 10.2 Å². The van der Waals surface area contributed by atoms with Crippen LogP contribution in [0, 0.1) is 11.8 Å². The molecule has 0 aromatic carbocycles. The van der Waals surface area contributed by atoms with Crippen molar-refractivity contribution in [2.24, 2.45) is 11.8 Å². The van der Waals surface area contributed by atoms with Gasteiger partial charge in [0.25, 0.3) is 5.56 Å². The number of H-pyrrole nitrogens is 1. The fourth-order valence-corrected chi connectivity index (χ4v) is 2.72. The summed E-state index contributed by atoms with van der Waals surface area (Å²) in [7, 11) is 0. The molecule has 0 aliphatic heterocycles. The average molecular weight is 235 g/mol. The molecule has 2 unspecified atom stereocenters. The number of hydrogen-bond donors (Lipinski definition) is 2. The first-order valence-corrected chi connectivity index (χ1v) is 6.52. The Bertz CT molecular complexity index is 402. The van der Waals surface area contributed by atoms with Crippen LogP contribution in [-0.4, -0.2) is 16.7 Å². The average Bonchev–Trinajstić information content (AvgIpc) is 2.29. The third-order valence-corrected chi connectivity index (χ3v) is 3.59. The lowest BCUT2D eigenvalue weighted by Gasteiger charge is -2.26. The number of aromatic nitrogens is 2. The largest absolute Gasteiger partial charge is 0.384 e. The van der Waals surface area contributed by atoms with Crippen molar-refractivity contribution in [2.45, 2.75) is 39.0 Å². The minimum absolute atomic E-state index is 0.152. The highest BCUT2D eigenvalue weighted by molar-refractivity contribution is 5.38. The van der Waals surface area contributed by atoms with E-state index in [1.165, 1.54) is 32.1 Å².